The van der Waals surface area contributed by atoms with Crippen molar-refractivity contribution >= 4 is 44.5 Å². The van der Waals surface area contributed by atoms with E-state index in [1.54, 1.807) is 13.0 Å². The normalized spacial score (nSPS) is 10.7. The first kappa shape index (κ1) is 18.1. The third-order valence-electron chi connectivity index (χ3n) is 3.64. The Hall–Kier alpha value is -2.74. The Balaban J connectivity index is 2.06. The van der Waals surface area contributed by atoms with Crippen LogP contribution >= 0.6 is 15.9 Å². The Morgan fingerprint density at radius 3 is 2.81 bits per heavy atom. The lowest BCUT2D eigenvalue weighted by Crippen LogP contribution is -2.18. The Morgan fingerprint density at radius 2 is 2.04 bits per heavy atom. The van der Waals surface area contributed by atoms with Gasteiger partial charge in [-0.25, -0.2) is 9.78 Å². The minimum atomic E-state index is -0.548. The quantitative estimate of drug-likeness (QED) is 0.491. The summed E-state index contributed by atoms with van der Waals surface area (Å²) < 4.78 is 6.49. The van der Waals surface area contributed by atoms with Gasteiger partial charge in [0, 0.05) is 17.1 Å². The number of anilines is 1. The number of carbonyl (C=O) groups is 2. The molecule has 2 heterocycles. The summed E-state index contributed by atoms with van der Waals surface area (Å²) in [5, 5.41) is 8.47. The minimum Gasteiger partial charge on any atom is -0.462 e. The van der Waals surface area contributed by atoms with Crippen molar-refractivity contribution in [2.75, 3.05) is 17.3 Å². The van der Waals surface area contributed by atoms with Crippen molar-refractivity contribution in [2.24, 2.45) is 0 Å². The van der Waals surface area contributed by atoms with E-state index in [9.17, 15) is 9.59 Å². The van der Waals surface area contributed by atoms with Crippen LogP contribution in [0.4, 0.5) is 5.82 Å². The molecule has 0 atom stereocenters. The highest BCUT2D eigenvalue weighted by Crippen LogP contribution is 2.22. The highest BCUT2D eigenvalue weighted by molar-refractivity contribution is 9.09. The van der Waals surface area contributed by atoms with Gasteiger partial charge in [0.1, 0.15) is 5.56 Å². The molecule has 7 nitrogen and oxygen atoms in total. The lowest BCUT2D eigenvalue weighted by Gasteiger charge is -2.10. The number of aromatic nitrogens is 3. The molecule has 0 aliphatic rings. The number of nitrogens with one attached hydrogen (secondary N) is 1. The second-order valence-corrected chi connectivity index (χ2v) is 6.18. The lowest BCUT2D eigenvalue weighted by molar-refractivity contribution is -0.115. The molecule has 0 aliphatic heterocycles. The minimum absolute atomic E-state index is 0.185. The van der Waals surface area contributed by atoms with Crippen LogP contribution in [0.15, 0.2) is 42.6 Å². The van der Waals surface area contributed by atoms with Gasteiger partial charge < -0.3 is 10.1 Å². The summed E-state index contributed by atoms with van der Waals surface area (Å²) in [6.07, 6.45) is 1.64. The summed E-state index contributed by atoms with van der Waals surface area (Å²) in [7, 11) is 0. The summed E-state index contributed by atoms with van der Waals surface area (Å²) >= 11 is 3.23. The molecule has 3 rings (SSSR count). The smallest absolute Gasteiger partial charge is 0.343 e. The summed E-state index contributed by atoms with van der Waals surface area (Å²) in [6, 6.07) is 11.4. The van der Waals surface area contributed by atoms with Crippen molar-refractivity contribution in [2.45, 2.75) is 13.3 Å². The van der Waals surface area contributed by atoms with Crippen molar-refractivity contribution in [3.63, 3.8) is 0 Å². The standard InChI is InChI=1S/C18H17BrN4O3/c1-2-26-18(25)13-11-20-23(17(13)22-16(24)9-10-19)15-8-7-12-5-3-4-6-14(12)21-15/h3-8,11H,2,9-10H2,1H3,(H,22,24). The highest BCUT2D eigenvalue weighted by Gasteiger charge is 2.22. The van der Waals surface area contributed by atoms with Crippen molar-refractivity contribution in [1.82, 2.24) is 14.8 Å². The first-order valence-corrected chi connectivity index (χ1v) is 9.23. The maximum atomic E-state index is 12.2. The molecule has 0 saturated carbocycles. The molecule has 0 spiro atoms. The number of fused-ring (bicyclic) bond motifs is 1. The van der Waals surface area contributed by atoms with Gasteiger partial charge in [0.15, 0.2) is 11.6 Å². The number of amides is 1. The second kappa shape index (κ2) is 8.09. The average Bonchev–Trinajstić information content (AvgIpc) is 3.05. The number of nitrogens with zero attached hydrogens (tertiary/aromatic N) is 3. The molecule has 2 aromatic heterocycles. The molecule has 1 aromatic carbocycles. The van der Waals surface area contributed by atoms with E-state index in [0.717, 1.165) is 10.9 Å². The van der Waals surface area contributed by atoms with Crippen LogP contribution in [0.5, 0.6) is 0 Å². The van der Waals surface area contributed by atoms with E-state index in [2.05, 4.69) is 31.3 Å². The first-order valence-electron chi connectivity index (χ1n) is 8.11. The zero-order valence-electron chi connectivity index (χ0n) is 14.1. The van der Waals surface area contributed by atoms with Crippen molar-refractivity contribution in [1.29, 1.82) is 0 Å². The van der Waals surface area contributed by atoms with Crippen molar-refractivity contribution in [3.8, 4) is 5.82 Å². The van der Waals surface area contributed by atoms with Crippen LogP contribution in [0.2, 0.25) is 0 Å². The predicted molar refractivity (Wildman–Crippen MR) is 102 cm³/mol. The van der Waals surface area contributed by atoms with E-state index in [1.165, 1.54) is 10.9 Å². The van der Waals surface area contributed by atoms with Crippen molar-refractivity contribution in [3.05, 3.63) is 48.2 Å². The SMILES string of the molecule is CCOC(=O)c1cnn(-c2ccc3ccccc3n2)c1NC(=O)CCBr. The third-order valence-corrected chi connectivity index (χ3v) is 4.04. The molecule has 1 amide bonds. The predicted octanol–water partition coefficient (Wildman–Crippen LogP) is 3.32. The fourth-order valence-corrected chi connectivity index (χ4v) is 2.81. The molecule has 0 radical (unpaired) electrons. The number of hydrogen-bond acceptors (Lipinski definition) is 5. The van der Waals surface area contributed by atoms with E-state index in [0.29, 0.717) is 11.1 Å². The maximum Gasteiger partial charge on any atom is 0.343 e. The molecule has 26 heavy (non-hydrogen) atoms. The molecule has 0 saturated heterocycles. The van der Waals surface area contributed by atoms with Gasteiger partial charge in [0.25, 0.3) is 0 Å². The molecule has 3 aromatic rings. The molecule has 134 valence electrons. The number of hydrogen-bond donors (Lipinski definition) is 1. The Bertz CT molecular complexity index is 955. The number of para-hydroxylation sites is 1. The van der Waals surface area contributed by atoms with Crippen LogP contribution < -0.4 is 5.32 Å². The van der Waals surface area contributed by atoms with E-state index in [-0.39, 0.29) is 30.3 Å². The fraction of sp³-hybridized carbons (Fsp3) is 0.222. The largest absolute Gasteiger partial charge is 0.462 e. The number of ether oxygens (including phenoxy) is 1. The fourth-order valence-electron chi connectivity index (χ4n) is 2.45. The number of alkyl halides is 1. The molecule has 0 aliphatic carbocycles. The van der Waals surface area contributed by atoms with Crippen LogP contribution in [0, 0.1) is 0 Å². The van der Waals surface area contributed by atoms with Gasteiger partial charge in [-0.15, -0.1) is 0 Å². The number of esters is 1. The maximum absolute atomic E-state index is 12.2. The molecule has 1 N–H and O–H groups in total. The molecule has 0 unspecified atom stereocenters. The monoisotopic (exact) mass is 416 g/mol. The van der Waals surface area contributed by atoms with Crippen LogP contribution in [0.1, 0.15) is 23.7 Å². The molecule has 0 fully saturated rings. The molecule has 8 heteroatoms. The zero-order valence-corrected chi connectivity index (χ0v) is 15.7. The number of halogens is 1. The van der Waals surface area contributed by atoms with Gasteiger partial charge in [-0.2, -0.15) is 9.78 Å². The van der Waals surface area contributed by atoms with E-state index >= 15 is 0 Å². The number of benzene rings is 1. The number of rotatable bonds is 6. The summed E-state index contributed by atoms with van der Waals surface area (Å²) in [4.78, 5) is 28.9. The van der Waals surface area contributed by atoms with E-state index in [1.807, 2.05) is 30.3 Å². The molecular weight excluding hydrogens is 400 g/mol. The lowest BCUT2D eigenvalue weighted by atomic mass is 10.2. The van der Waals surface area contributed by atoms with Gasteiger partial charge in [-0.05, 0) is 25.1 Å². The number of carbonyl (C=O) groups excluding carboxylic acids is 2. The first-order chi connectivity index (χ1) is 12.6. The molecule has 0 bridgehead atoms. The van der Waals surface area contributed by atoms with Crippen LogP contribution in [0.25, 0.3) is 16.7 Å². The highest BCUT2D eigenvalue weighted by atomic mass is 79.9. The number of pyridine rings is 1. The Labute approximate surface area is 158 Å². The average molecular weight is 417 g/mol. The van der Waals surface area contributed by atoms with E-state index in [4.69, 9.17) is 4.74 Å². The van der Waals surface area contributed by atoms with E-state index < -0.39 is 5.97 Å². The summed E-state index contributed by atoms with van der Waals surface area (Å²) in [5.41, 5.74) is 0.973. The zero-order chi connectivity index (χ0) is 18.5. The molecular formula is C18H17BrN4O3. The van der Waals surface area contributed by atoms with Gasteiger partial charge in [0.05, 0.1) is 18.3 Å². The topological polar surface area (TPSA) is 86.1 Å². The van der Waals surface area contributed by atoms with Gasteiger partial charge >= 0.3 is 5.97 Å². The summed E-state index contributed by atoms with van der Waals surface area (Å²) in [6.45, 7) is 1.95. The van der Waals surface area contributed by atoms with Gasteiger partial charge in [-0.1, -0.05) is 34.1 Å². The second-order valence-electron chi connectivity index (χ2n) is 5.39. The van der Waals surface area contributed by atoms with Crippen LogP contribution in [-0.2, 0) is 9.53 Å². The summed E-state index contributed by atoms with van der Waals surface area (Å²) in [5.74, 6) is -0.0470. The van der Waals surface area contributed by atoms with Gasteiger partial charge in [-0.3, -0.25) is 4.79 Å². The Kier molecular flexibility index (Phi) is 5.62. The van der Waals surface area contributed by atoms with Crippen LogP contribution in [0.3, 0.4) is 0 Å². The van der Waals surface area contributed by atoms with Crippen molar-refractivity contribution < 1.29 is 14.3 Å². The van der Waals surface area contributed by atoms with Crippen LogP contribution in [-0.4, -0.2) is 38.6 Å². The third kappa shape index (κ3) is 3.75. The van der Waals surface area contributed by atoms with Gasteiger partial charge in [0.2, 0.25) is 5.91 Å². The Morgan fingerprint density at radius 1 is 1.23 bits per heavy atom.